The Hall–Kier alpha value is -2.31. The minimum Gasteiger partial charge on any atom is -0.481 e. The van der Waals surface area contributed by atoms with Crippen LogP contribution < -0.4 is 0 Å². The SMILES string of the molecule is CCC[C@]1(C(=O)O)CCN(Cc2cnc(-c3cccc(C)c3)nc2)C[C@@H]1O. The number of aliphatic carboxylic acids is 1. The molecule has 0 radical (unpaired) electrons. The maximum absolute atomic E-state index is 11.7. The van der Waals surface area contributed by atoms with E-state index >= 15 is 0 Å². The molecule has 2 N–H and O–H groups in total. The van der Waals surface area contributed by atoms with E-state index < -0.39 is 17.5 Å². The van der Waals surface area contributed by atoms with Gasteiger partial charge in [-0.1, -0.05) is 37.1 Å². The van der Waals surface area contributed by atoms with Gasteiger partial charge in [-0.15, -0.1) is 0 Å². The van der Waals surface area contributed by atoms with Crippen LogP contribution in [-0.4, -0.2) is 50.2 Å². The average molecular weight is 369 g/mol. The second-order valence-electron chi connectivity index (χ2n) is 7.50. The predicted octanol–water partition coefficient (Wildman–Crippen LogP) is 2.89. The molecule has 27 heavy (non-hydrogen) atoms. The fourth-order valence-corrected chi connectivity index (χ4v) is 3.90. The largest absolute Gasteiger partial charge is 0.481 e. The first-order valence-corrected chi connectivity index (χ1v) is 9.46. The number of carboxylic acid groups (broad SMARTS) is 1. The number of nitrogens with zero attached hydrogens (tertiary/aromatic N) is 3. The number of benzene rings is 1. The van der Waals surface area contributed by atoms with Gasteiger partial charge in [-0.25, -0.2) is 9.97 Å². The number of aryl methyl sites for hydroxylation is 1. The first-order chi connectivity index (χ1) is 12.9. The summed E-state index contributed by atoms with van der Waals surface area (Å²) in [5.74, 6) is -0.198. The van der Waals surface area contributed by atoms with Gasteiger partial charge in [0.15, 0.2) is 5.82 Å². The van der Waals surface area contributed by atoms with Crippen LogP contribution >= 0.6 is 0 Å². The predicted molar refractivity (Wildman–Crippen MR) is 103 cm³/mol. The molecule has 1 fully saturated rings. The summed E-state index contributed by atoms with van der Waals surface area (Å²) >= 11 is 0. The third-order valence-electron chi connectivity index (χ3n) is 5.45. The molecule has 1 aliphatic rings. The van der Waals surface area contributed by atoms with Crippen molar-refractivity contribution in [3.8, 4) is 11.4 Å². The van der Waals surface area contributed by atoms with Gasteiger partial charge in [0.05, 0.1) is 11.5 Å². The van der Waals surface area contributed by atoms with Gasteiger partial charge < -0.3 is 10.2 Å². The normalized spacial score (nSPS) is 23.3. The number of aliphatic hydroxyl groups is 1. The zero-order valence-corrected chi connectivity index (χ0v) is 15.9. The van der Waals surface area contributed by atoms with E-state index in [1.165, 1.54) is 0 Å². The second kappa shape index (κ2) is 8.15. The Morgan fingerprint density at radius 3 is 2.67 bits per heavy atom. The van der Waals surface area contributed by atoms with E-state index in [4.69, 9.17) is 0 Å². The summed E-state index contributed by atoms with van der Waals surface area (Å²) in [6.45, 7) is 5.59. The molecular formula is C21H27N3O3. The van der Waals surface area contributed by atoms with Crippen LogP contribution in [0.5, 0.6) is 0 Å². The highest BCUT2D eigenvalue weighted by molar-refractivity contribution is 5.75. The van der Waals surface area contributed by atoms with Crippen LogP contribution in [0.15, 0.2) is 36.7 Å². The van der Waals surface area contributed by atoms with E-state index in [2.05, 4.69) is 20.9 Å². The molecule has 0 amide bonds. The van der Waals surface area contributed by atoms with Crippen molar-refractivity contribution in [3.63, 3.8) is 0 Å². The fraction of sp³-hybridized carbons (Fsp3) is 0.476. The highest BCUT2D eigenvalue weighted by Gasteiger charge is 2.47. The van der Waals surface area contributed by atoms with Crippen molar-refractivity contribution in [1.82, 2.24) is 14.9 Å². The van der Waals surface area contributed by atoms with Gasteiger partial charge in [0.25, 0.3) is 0 Å². The lowest BCUT2D eigenvalue weighted by Gasteiger charge is -2.42. The number of hydrogen-bond donors (Lipinski definition) is 2. The fourth-order valence-electron chi connectivity index (χ4n) is 3.90. The maximum atomic E-state index is 11.7. The van der Waals surface area contributed by atoms with Crippen molar-refractivity contribution in [2.45, 2.75) is 45.8 Å². The highest BCUT2D eigenvalue weighted by Crippen LogP contribution is 2.37. The zero-order chi connectivity index (χ0) is 19.4. The van der Waals surface area contributed by atoms with Gasteiger partial charge in [-0.2, -0.15) is 0 Å². The number of piperidine rings is 1. The number of β-amino-alcohol motifs (C(OH)–C–C–N with tert-alkyl or cyclic N) is 1. The Morgan fingerprint density at radius 1 is 1.33 bits per heavy atom. The van der Waals surface area contributed by atoms with Crippen molar-refractivity contribution in [3.05, 3.63) is 47.8 Å². The van der Waals surface area contributed by atoms with E-state index in [0.29, 0.717) is 38.3 Å². The quantitative estimate of drug-likeness (QED) is 0.814. The molecule has 0 aliphatic carbocycles. The van der Waals surface area contributed by atoms with Crippen LogP contribution in [0.2, 0.25) is 0 Å². The van der Waals surface area contributed by atoms with E-state index in [1.54, 1.807) is 0 Å². The summed E-state index contributed by atoms with van der Waals surface area (Å²) in [5, 5.41) is 20.2. The second-order valence-corrected chi connectivity index (χ2v) is 7.50. The molecule has 6 heteroatoms. The van der Waals surface area contributed by atoms with Gasteiger partial charge in [0.2, 0.25) is 0 Å². The Bertz CT molecular complexity index is 794. The van der Waals surface area contributed by atoms with E-state index in [1.807, 2.05) is 44.4 Å². The molecule has 2 atom stereocenters. The number of carbonyl (C=O) groups is 1. The highest BCUT2D eigenvalue weighted by atomic mass is 16.4. The van der Waals surface area contributed by atoms with Crippen LogP contribution in [-0.2, 0) is 11.3 Å². The number of aromatic nitrogens is 2. The summed E-state index contributed by atoms with van der Waals surface area (Å²) < 4.78 is 0. The van der Waals surface area contributed by atoms with Gasteiger partial charge in [0.1, 0.15) is 0 Å². The van der Waals surface area contributed by atoms with Gasteiger partial charge in [-0.05, 0) is 32.4 Å². The number of likely N-dealkylation sites (tertiary alicyclic amines) is 1. The van der Waals surface area contributed by atoms with Crippen LogP contribution in [0.3, 0.4) is 0 Å². The molecule has 1 aromatic carbocycles. The molecule has 0 unspecified atom stereocenters. The topological polar surface area (TPSA) is 86.5 Å². The summed E-state index contributed by atoms with van der Waals surface area (Å²) in [7, 11) is 0. The molecule has 2 aromatic rings. The zero-order valence-electron chi connectivity index (χ0n) is 15.9. The molecule has 0 spiro atoms. The van der Waals surface area contributed by atoms with Crippen molar-refractivity contribution in [2.24, 2.45) is 5.41 Å². The Kier molecular flexibility index (Phi) is 5.87. The van der Waals surface area contributed by atoms with Crippen LogP contribution in [0.4, 0.5) is 0 Å². The standard InChI is InChI=1S/C21H27N3O3/c1-3-7-21(20(26)27)8-9-24(14-18(21)25)13-16-11-22-19(23-12-16)17-6-4-5-15(2)10-17/h4-6,10-12,18,25H,3,7-9,13-14H2,1-2H3,(H,26,27)/t18-,21-/m0/s1. The minimum absolute atomic E-state index is 0.353. The van der Waals surface area contributed by atoms with Crippen LogP contribution in [0, 0.1) is 12.3 Å². The van der Waals surface area contributed by atoms with E-state index in [-0.39, 0.29) is 0 Å². The maximum Gasteiger partial charge on any atom is 0.312 e. The summed E-state index contributed by atoms with van der Waals surface area (Å²) in [4.78, 5) is 22.7. The third-order valence-corrected chi connectivity index (χ3v) is 5.45. The lowest BCUT2D eigenvalue weighted by molar-refractivity contribution is -0.164. The van der Waals surface area contributed by atoms with E-state index in [9.17, 15) is 15.0 Å². The molecule has 0 saturated carbocycles. The smallest absolute Gasteiger partial charge is 0.312 e. The summed E-state index contributed by atoms with van der Waals surface area (Å²) in [6, 6.07) is 8.06. The number of aliphatic hydroxyl groups excluding tert-OH is 1. The summed E-state index contributed by atoms with van der Waals surface area (Å²) in [5.41, 5.74) is 2.09. The molecule has 6 nitrogen and oxygen atoms in total. The molecule has 3 rings (SSSR count). The first-order valence-electron chi connectivity index (χ1n) is 9.46. The van der Waals surface area contributed by atoms with Crippen molar-refractivity contribution in [2.75, 3.05) is 13.1 Å². The third kappa shape index (κ3) is 4.17. The Morgan fingerprint density at radius 2 is 2.07 bits per heavy atom. The molecule has 0 bridgehead atoms. The van der Waals surface area contributed by atoms with Crippen LogP contribution in [0.25, 0.3) is 11.4 Å². The lowest BCUT2D eigenvalue weighted by Crippen LogP contribution is -2.54. The van der Waals surface area contributed by atoms with Crippen LogP contribution in [0.1, 0.15) is 37.3 Å². The van der Waals surface area contributed by atoms with Crippen molar-refractivity contribution < 1.29 is 15.0 Å². The molecule has 1 saturated heterocycles. The lowest BCUT2D eigenvalue weighted by atomic mass is 9.73. The number of carboxylic acids is 1. The van der Waals surface area contributed by atoms with Gasteiger partial charge >= 0.3 is 5.97 Å². The monoisotopic (exact) mass is 369 g/mol. The minimum atomic E-state index is -1.02. The number of hydrogen-bond acceptors (Lipinski definition) is 5. The summed E-state index contributed by atoms with van der Waals surface area (Å²) in [6.07, 6.45) is 4.46. The van der Waals surface area contributed by atoms with Gasteiger partial charge in [0, 0.05) is 36.6 Å². The Balaban J connectivity index is 1.66. The average Bonchev–Trinajstić information content (AvgIpc) is 2.64. The Labute approximate surface area is 159 Å². The molecular weight excluding hydrogens is 342 g/mol. The van der Waals surface area contributed by atoms with Crippen molar-refractivity contribution >= 4 is 5.97 Å². The molecule has 144 valence electrons. The van der Waals surface area contributed by atoms with Crippen molar-refractivity contribution in [1.29, 1.82) is 0 Å². The van der Waals surface area contributed by atoms with E-state index in [0.717, 1.165) is 23.1 Å². The first kappa shape index (κ1) is 19.5. The molecule has 2 heterocycles. The van der Waals surface area contributed by atoms with Gasteiger partial charge in [-0.3, -0.25) is 9.69 Å². The number of rotatable bonds is 6. The molecule has 1 aromatic heterocycles. The molecule has 1 aliphatic heterocycles.